The third kappa shape index (κ3) is 3.73. The Morgan fingerprint density at radius 1 is 1.44 bits per heavy atom. The van der Waals surface area contributed by atoms with Crippen LogP contribution in [0.3, 0.4) is 0 Å². The summed E-state index contributed by atoms with van der Waals surface area (Å²) in [7, 11) is 0. The number of hydrogen-bond donors (Lipinski definition) is 1. The van der Waals surface area contributed by atoms with Crippen molar-refractivity contribution in [1.29, 1.82) is 0 Å². The molecule has 0 aliphatic heterocycles. The van der Waals surface area contributed by atoms with Crippen LogP contribution in [0.2, 0.25) is 0 Å². The lowest BCUT2D eigenvalue weighted by atomic mass is 10.0. The summed E-state index contributed by atoms with van der Waals surface area (Å²) >= 11 is 0. The topological polar surface area (TPSA) is 55.4 Å². The van der Waals surface area contributed by atoms with Crippen LogP contribution in [-0.4, -0.2) is 19.0 Å². The SMILES string of the molecule is CCOC(=O)C[C@H](NC=O)c1ccccc1. The fraction of sp³-hybridized carbons (Fsp3) is 0.333. The van der Waals surface area contributed by atoms with Gasteiger partial charge in [0, 0.05) is 0 Å². The van der Waals surface area contributed by atoms with Crippen LogP contribution >= 0.6 is 0 Å². The maximum absolute atomic E-state index is 11.3. The van der Waals surface area contributed by atoms with Gasteiger partial charge in [-0.1, -0.05) is 30.3 Å². The van der Waals surface area contributed by atoms with Crippen LogP contribution in [0, 0.1) is 0 Å². The molecule has 16 heavy (non-hydrogen) atoms. The van der Waals surface area contributed by atoms with Gasteiger partial charge in [-0.2, -0.15) is 0 Å². The first-order valence-corrected chi connectivity index (χ1v) is 5.18. The van der Waals surface area contributed by atoms with Gasteiger partial charge in [0.05, 0.1) is 19.1 Å². The molecule has 1 atom stereocenters. The number of ether oxygens (including phenoxy) is 1. The fourth-order valence-corrected chi connectivity index (χ4v) is 1.43. The van der Waals surface area contributed by atoms with Crippen LogP contribution in [0.5, 0.6) is 0 Å². The summed E-state index contributed by atoms with van der Waals surface area (Å²) in [6.07, 6.45) is 0.744. The Morgan fingerprint density at radius 3 is 2.69 bits per heavy atom. The Kier molecular flexibility index (Phi) is 5.05. The molecule has 0 fully saturated rings. The molecule has 0 spiro atoms. The van der Waals surface area contributed by atoms with Gasteiger partial charge in [-0.15, -0.1) is 0 Å². The van der Waals surface area contributed by atoms with Gasteiger partial charge in [0.15, 0.2) is 0 Å². The fourth-order valence-electron chi connectivity index (χ4n) is 1.43. The number of hydrogen-bond acceptors (Lipinski definition) is 3. The quantitative estimate of drug-likeness (QED) is 0.584. The average molecular weight is 221 g/mol. The van der Waals surface area contributed by atoms with Crippen molar-refractivity contribution in [1.82, 2.24) is 5.32 Å². The third-order valence-electron chi connectivity index (χ3n) is 2.15. The van der Waals surface area contributed by atoms with Crippen molar-refractivity contribution >= 4 is 12.4 Å². The van der Waals surface area contributed by atoms with Crippen LogP contribution in [0.4, 0.5) is 0 Å². The number of nitrogens with one attached hydrogen (secondary N) is 1. The van der Waals surface area contributed by atoms with E-state index >= 15 is 0 Å². The minimum atomic E-state index is -0.322. The van der Waals surface area contributed by atoms with Gasteiger partial charge in [0.2, 0.25) is 6.41 Å². The summed E-state index contributed by atoms with van der Waals surface area (Å²) in [4.78, 5) is 21.8. The summed E-state index contributed by atoms with van der Waals surface area (Å²) in [5.74, 6) is -0.314. The number of amides is 1. The van der Waals surface area contributed by atoms with E-state index in [1.54, 1.807) is 6.92 Å². The average Bonchev–Trinajstić information content (AvgIpc) is 2.30. The van der Waals surface area contributed by atoms with Gasteiger partial charge < -0.3 is 10.1 Å². The molecule has 86 valence electrons. The van der Waals surface area contributed by atoms with Crippen LogP contribution < -0.4 is 5.32 Å². The predicted molar refractivity (Wildman–Crippen MR) is 59.6 cm³/mol. The van der Waals surface area contributed by atoms with Gasteiger partial charge >= 0.3 is 5.97 Å². The molecule has 1 amide bonds. The minimum absolute atomic E-state index is 0.149. The van der Waals surface area contributed by atoms with Crippen molar-refractivity contribution in [3.8, 4) is 0 Å². The Balaban J connectivity index is 2.68. The smallest absolute Gasteiger partial charge is 0.308 e. The first-order valence-electron chi connectivity index (χ1n) is 5.18. The summed E-state index contributed by atoms with van der Waals surface area (Å²) < 4.78 is 4.85. The molecule has 0 aliphatic carbocycles. The van der Waals surface area contributed by atoms with Crippen molar-refractivity contribution in [2.45, 2.75) is 19.4 Å². The van der Waals surface area contributed by atoms with Gasteiger partial charge in [-0.3, -0.25) is 9.59 Å². The highest BCUT2D eigenvalue weighted by Crippen LogP contribution is 2.16. The van der Waals surface area contributed by atoms with E-state index < -0.39 is 0 Å². The van der Waals surface area contributed by atoms with Crippen LogP contribution in [0.15, 0.2) is 30.3 Å². The molecule has 1 N–H and O–H groups in total. The molecule has 1 rings (SSSR count). The lowest BCUT2D eigenvalue weighted by molar-refractivity contribution is -0.143. The van der Waals surface area contributed by atoms with Crippen LogP contribution in [0.1, 0.15) is 24.9 Å². The largest absolute Gasteiger partial charge is 0.466 e. The van der Waals surface area contributed by atoms with E-state index in [1.165, 1.54) is 0 Å². The molecule has 0 radical (unpaired) electrons. The van der Waals surface area contributed by atoms with Crippen LogP contribution in [0.25, 0.3) is 0 Å². The summed E-state index contributed by atoms with van der Waals surface area (Å²) in [5.41, 5.74) is 0.891. The molecule has 0 unspecified atom stereocenters. The summed E-state index contributed by atoms with van der Waals surface area (Å²) in [6.45, 7) is 2.10. The Bertz CT molecular complexity index is 337. The van der Waals surface area contributed by atoms with E-state index in [0.29, 0.717) is 13.0 Å². The van der Waals surface area contributed by atoms with E-state index in [-0.39, 0.29) is 18.4 Å². The van der Waals surface area contributed by atoms with Gasteiger partial charge in [-0.25, -0.2) is 0 Å². The molecular weight excluding hydrogens is 206 g/mol. The highest BCUT2D eigenvalue weighted by molar-refractivity contribution is 5.71. The van der Waals surface area contributed by atoms with E-state index in [0.717, 1.165) is 5.56 Å². The maximum Gasteiger partial charge on any atom is 0.308 e. The molecule has 0 bridgehead atoms. The molecule has 0 heterocycles. The van der Waals surface area contributed by atoms with Gasteiger partial charge in [-0.05, 0) is 12.5 Å². The lowest BCUT2D eigenvalue weighted by Gasteiger charge is -2.15. The number of carbonyl (C=O) groups excluding carboxylic acids is 2. The molecular formula is C12H15NO3. The lowest BCUT2D eigenvalue weighted by Crippen LogP contribution is -2.23. The van der Waals surface area contributed by atoms with Crippen molar-refractivity contribution in [3.63, 3.8) is 0 Å². The van der Waals surface area contributed by atoms with Crippen molar-refractivity contribution in [3.05, 3.63) is 35.9 Å². The number of esters is 1. The van der Waals surface area contributed by atoms with E-state index in [2.05, 4.69) is 5.32 Å². The Hall–Kier alpha value is -1.84. The standard InChI is InChI=1S/C12H15NO3/c1-2-16-12(15)8-11(13-9-14)10-6-4-3-5-7-10/h3-7,9,11H,2,8H2,1H3,(H,13,14)/t11-/m0/s1. The first-order chi connectivity index (χ1) is 7.77. The van der Waals surface area contributed by atoms with Gasteiger partial charge in [0.25, 0.3) is 0 Å². The van der Waals surface area contributed by atoms with Crippen molar-refractivity contribution < 1.29 is 14.3 Å². The molecule has 0 saturated heterocycles. The van der Waals surface area contributed by atoms with E-state index in [4.69, 9.17) is 4.74 Å². The van der Waals surface area contributed by atoms with Gasteiger partial charge in [0.1, 0.15) is 0 Å². The minimum Gasteiger partial charge on any atom is -0.466 e. The number of carbonyl (C=O) groups is 2. The summed E-state index contributed by atoms with van der Waals surface area (Å²) in [6, 6.07) is 9.00. The molecule has 1 aromatic carbocycles. The molecule has 1 aromatic rings. The zero-order valence-electron chi connectivity index (χ0n) is 9.18. The maximum atomic E-state index is 11.3. The van der Waals surface area contributed by atoms with E-state index in [9.17, 15) is 9.59 Å². The highest BCUT2D eigenvalue weighted by atomic mass is 16.5. The zero-order chi connectivity index (χ0) is 11.8. The second kappa shape index (κ2) is 6.61. The molecule has 4 heteroatoms. The highest BCUT2D eigenvalue weighted by Gasteiger charge is 2.15. The van der Waals surface area contributed by atoms with Crippen molar-refractivity contribution in [2.24, 2.45) is 0 Å². The second-order valence-electron chi connectivity index (χ2n) is 3.26. The molecule has 0 aromatic heterocycles. The van der Waals surface area contributed by atoms with E-state index in [1.807, 2.05) is 30.3 Å². The Morgan fingerprint density at radius 2 is 2.12 bits per heavy atom. The number of rotatable bonds is 6. The molecule has 0 aliphatic rings. The monoisotopic (exact) mass is 221 g/mol. The Labute approximate surface area is 94.6 Å². The number of benzene rings is 1. The first kappa shape index (κ1) is 12.2. The van der Waals surface area contributed by atoms with Crippen LogP contribution in [-0.2, 0) is 14.3 Å². The third-order valence-corrected chi connectivity index (χ3v) is 2.15. The molecule has 0 saturated carbocycles. The summed E-state index contributed by atoms with van der Waals surface area (Å²) in [5, 5.41) is 2.61. The van der Waals surface area contributed by atoms with Crippen molar-refractivity contribution in [2.75, 3.05) is 6.61 Å². The predicted octanol–water partition coefficient (Wildman–Crippen LogP) is 1.43. The zero-order valence-corrected chi connectivity index (χ0v) is 9.18. The normalized spacial score (nSPS) is 11.6. The molecule has 4 nitrogen and oxygen atoms in total. The second-order valence-corrected chi connectivity index (χ2v) is 3.26.